The molecule has 0 unspecified atom stereocenters. The predicted molar refractivity (Wildman–Crippen MR) is 90.1 cm³/mol. The summed E-state index contributed by atoms with van der Waals surface area (Å²) in [6.45, 7) is 6.54. The predicted octanol–water partition coefficient (Wildman–Crippen LogP) is 3.31. The van der Waals surface area contributed by atoms with E-state index >= 15 is 0 Å². The number of rotatable bonds is 13. The molecule has 0 spiro atoms. The molecule has 0 aliphatic carbocycles. The molecule has 0 radical (unpaired) electrons. The van der Waals surface area contributed by atoms with Gasteiger partial charge >= 0.3 is 0 Å². The topological polar surface area (TPSA) is 61.8 Å². The van der Waals surface area contributed by atoms with E-state index in [4.69, 9.17) is 13.7 Å². The molecular formula is C17H28O5S. The Morgan fingerprint density at radius 2 is 1.43 bits per heavy atom. The highest BCUT2D eigenvalue weighted by atomic mass is 32.2. The highest BCUT2D eigenvalue weighted by Crippen LogP contribution is 2.12. The van der Waals surface area contributed by atoms with E-state index in [0.29, 0.717) is 6.61 Å². The number of ether oxygens (including phenoxy) is 2. The second kappa shape index (κ2) is 11.6. The van der Waals surface area contributed by atoms with Gasteiger partial charge < -0.3 is 9.47 Å². The minimum atomic E-state index is -3.68. The fourth-order valence-corrected chi connectivity index (χ4v) is 2.80. The molecule has 0 saturated carbocycles. The van der Waals surface area contributed by atoms with Gasteiger partial charge in [-0.05, 0) is 44.7 Å². The van der Waals surface area contributed by atoms with Crippen LogP contribution in [-0.2, 0) is 23.8 Å². The van der Waals surface area contributed by atoms with Gasteiger partial charge in [-0.3, -0.25) is 4.18 Å². The van der Waals surface area contributed by atoms with Gasteiger partial charge in [0, 0.05) is 19.8 Å². The van der Waals surface area contributed by atoms with Crippen LogP contribution < -0.4 is 0 Å². The number of hydrogen-bond acceptors (Lipinski definition) is 5. The minimum Gasteiger partial charge on any atom is -0.381 e. The monoisotopic (exact) mass is 344 g/mol. The Kier molecular flexibility index (Phi) is 10.1. The van der Waals surface area contributed by atoms with Crippen molar-refractivity contribution >= 4 is 10.1 Å². The van der Waals surface area contributed by atoms with E-state index in [1.807, 2.05) is 6.92 Å². The summed E-state index contributed by atoms with van der Waals surface area (Å²) in [4.78, 5) is 0.176. The van der Waals surface area contributed by atoms with Crippen LogP contribution in [0.4, 0.5) is 0 Å². The van der Waals surface area contributed by atoms with E-state index in [1.165, 1.54) is 0 Å². The van der Waals surface area contributed by atoms with Crippen molar-refractivity contribution in [3.63, 3.8) is 0 Å². The zero-order valence-electron chi connectivity index (χ0n) is 14.1. The second-order valence-electron chi connectivity index (χ2n) is 5.37. The van der Waals surface area contributed by atoms with Crippen LogP contribution in [0, 0.1) is 6.92 Å². The average molecular weight is 344 g/mol. The molecule has 0 saturated heterocycles. The molecule has 0 aliphatic heterocycles. The largest absolute Gasteiger partial charge is 0.381 e. The molecule has 132 valence electrons. The SMILES string of the molecule is CCCOCCCCCOCCOS(=O)(=O)c1ccc(C)cc1. The summed E-state index contributed by atoms with van der Waals surface area (Å²) in [5.74, 6) is 0. The van der Waals surface area contributed by atoms with Crippen LogP contribution in [0.2, 0.25) is 0 Å². The van der Waals surface area contributed by atoms with Crippen molar-refractivity contribution in [2.24, 2.45) is 0 Å². The normalized spacial score (nSPS) is 11.7. The maximum atomic E-state index is 11.9. The van der Waals surface area contributed by atoms with Crippen LogP contribution in [-0.4, -0.2) is 41.5 Å². The summed E-state index contributed by atoms with van der Waals surface area (Å²) in [6.07, 6.45) is 4.07. The number of benzene rings is 1. The van der Waals surface area contributed by atoms with Gasteiger partial charge in [-0.25, -0.2) is 0 Å². The first-order valence-electron chi connectivity index (χ1n) is 8.18. The lowest BCUT2D eigenvalue weighted by Crippen LogP contribution is -2.12. The fourth-order valence-electron chi connectivity index (χ4n) is 1.91. The first-order valence-corrected chi connectivity index (χ1v) is 9.58. The van der Waals surface area contributed by atoms with Crippen molar-refractivity contribution in [1.29, 1.82) is 0 Å². The van der Waals surface area contributed by atoms with Gasteiger partial charge in [-0.1, -0.05) is 24.6 Å². The van der Waals surface area contributed by atoms with Crippen LogP contribution in [0.25, 0.3) is 0 Å². The van der Waals surface area contributed by atoms with Gasteiger partial charge in [0.05, 0.1) is 18.1 Å². The zero-order chi connectivity index (χ0) is 17.0. The first kappa shape index (κ1) is 20.1. The molecule has 0 N–H and O–H groups in total. The molecule has 5 nitrogen and oxygen atoms in total. The molecule has 0 heterocycles. The van der Waals surface area contributed by atoms with Crippen molar-refractivity contribution in [1.82, 2.24) is 0 Å². The molecule has 0 aromatic heterocycles. The highest BCUT2D eigenvalue weighted by Gasteiger charge is 2.14. The lowest BCUT2D eigenvalue weighted by atomic mass is 10.2. The van der Waals surface area contributed by atoms with Crippen molar-refractivity contribution in [3.05, 3.63) is 29.8 Å². The van der Waals surface area contributed by atoms with Crippen LogP contribution >= 0.6 is 0 Å². The van der Waals surface area contributed by atoms with E-state index in [-0.39, 0.29) is 18.1 Å². The van der Waals surface area contributed by atoms with Crippen LogP contribution in [0.5, 0.6) is 0 Å². The second-order valence-corrected chi connectivity index (χ2v) is 6.99. The number of hydrogen-bond donors (Lipinski definition) is 0. The molecule has 1 aromatic rings. The molecule has 0 aliphatic rings. The third kappa shape index (κ3) is 9.05. The lowest BCUT2D eigenvalue weighted by Gasteiger charge is -2.07. The summed E-state index contributed by atoms with van der Waals surface area (Å²) in [5, 5.41) is 0. The Morgan fingerprint density at radius 1 is 0.826 bits per heavy atom. The summed E-state index contributed by atoms with van der Waals surface area (Å²) < 4.78 is 39.5. The van der Waals surface area contributed by atoms with Gasteiger partial charge in [0.25, 0.3) is 10.1 Å². The van der Waals surface area contributed by atoms with Gasteiger partial charge in [-0.2, -0.15) is 8.42 Å². The molecule has 1 aromatic carbocycles. The zero-order valence-corrected chi connectivity index (χ0v) is 14.9. The van der Waals surface area contributed by atoms with Crippen LogP contribution in [0.15, 0.2) is 29.2 Å². The minimum absolute atomic E-state index is 0.0375. The van der Waals surface area contributed by atoms with Crippen molar-refractivity contribution in [2.45, 2.75) is 44.4 Å². The van der Waals surface area contributed by atoms with Gasteiger partial charge in [-0.15, -0.1) is 0 Å². The number of aryl methyl sites for hydroxylation is 1. The van der Waals surface area contributed by atoms with Crippen LogP contribution in [0.1, 0.15) is 38.2 Å². The summed E-state index contributed by atoms with van der Waals surface area (Å²) >= 11 is 0. The summed E-state index contributed by atoms with van der Waals surface area (Å²) in [7, 11) is -3.68. The maximum Gasteiger partial charge on any atom is 0.297 e. The van der Waals surface area contributed by atoms with Gasteiger partial charge in [0.2, 0.25) is 0 Å². The Balaban J connectivity index is 2.05. The fraction of sp³-hybridized carbons (Fsp3) is 0.647. The van der Waals surface area contributed by atoms with E-state index in [0.717, 1.165) is 44.5 Å². The average Bonchev–Trinajstić information content (AvgIpc) is 2.53. The standard InChI is InChI=1S/C17H28O5S/c1-3-11-20-12-5-4-6-13-21-14-15-22-23(18,19)17-9-7-16(2)8-10-17/h7-10H,3-6,11-15H2,1-2H3. The summed E-state index contributed by atoms with van der Waals surface area (Å²) in [6, 6.07) is 6.59. The van der Waals surface area contributed by atoms with Crippen LogP contribution in [0.3, 0.4) is 0 Å². The van der Waals surface area contributed by atoms with E-state index in [9.17, 15) is 8.42 Å². The Morgan fingerprint density at radius 3 is 2.04 bits per heavy atom. The molecular weight excluding hydrogens is 316 g/mol. The Bertz CT molecular complexity index is 510. The van der Waals surface area contributed by atoms with Crippen molar-refractivity contribution in [2.75, 3.05) is 33.0 Å². The smallest absolute Gasteiger partial charge is 0.297 e. The maximum absolute atomic E-state index is 11.9. The Labute approximate surface area is 140 Å². The first-order chi connectivity index (χ1) is 11.1. The molecule has 0 atom stereocenters. The number of unbranched alkanes of at least 4 members (excludes halogenated alkanes) is 2. The molecule has 6 heteroatoms. The summed E-state index contributed by atoms with van der Waals surface area (Å²) in [5.41, 5.74) is 1.01. The third-order valence-electron chi connectivity index (χ3n) is 3.20. The third-order valence-corrected chi connectivity index (χ3v) is 4.53. The molecule has 1 rings (SSSR count). The molecule has 0 fully saturated rings. The highest BCUT2D eigenvalue weighted by molar-refractivity contribution is 7.86. The van der Waals surface area contributed by atoms with Gasteiger partial charge in [0.15, 0.2) is 0 Å². The molecule has 0 amide bonds. The molecule has 0 bridgehead atoms. The quantitative estimate of drug-likeness (QED) is 0.406. The van der Waals surface area contributed by atoms with E-state index < -0.39 is 10.1 Å². The molecule has 23 heavy (non-hydrogen) atoms. The van der Waals surface area contributed by atoms with E-state index in [2.05, 4.69) is 6.92 Å². The van der Waals surface area contributed by atoms with Crippen molar-refractivity contribution < 1.29 is 22.1 Å². The Hall–Kier alpha value is -0.950. The lowest BCUT2D eigenvalue weighted by molar-refractivity contribution is 0.0942. The van der Waals surface area contributed by atoms with E-state index in [1.54, 1.807) is 24.3 Å². The van der Waals surface area contributed by atoms with Gasteiger partial charge in [0.1, 0.15) is 0 Å². The van der Waals surface area contributed by atoms with Crippen molar-refractivity contribution in [3.8, 4) is 0 Å².